The van der Waals surface area contributed by atoms with E-state index in [-0.39, 0.29) is 5.97 Å². The normalized spacial score (nSPS) is 13.2. The molecule has 0 amide bonds. The fraction of sp³-hybridized carbons (Fsp3) is 0.533. The van der Waals surface area contributed by atoms with Crippen molar-refractivity contribution in [3.05, 3.63) is 35.4 Å². The number of esters is 1. The smallest absolute Gasteiger partial charge is 0.315 e. The molecule has 0 saturated heterocycles. The Bertz CT molecular complexity index is 394. The summed E-state index contributed by atoms with van der Waals surface area (Å²) in [7, 11) is 1.43. The van der Waals surface area contributed by atoms with Gasteiger partial charge < -0.3 is 4.74 Å². The minimum absolute atomic E-state index is 0.196. The Kier molecular flexibility index (Phi) is 4.33. The lowest BCUT2D eigenvalue weighted by Gasteiger charge is -2.23. The molecule has 0 spiro atoms. The van der Waals surface area contributed by atoms with Crippen LogP contribution in [0.25, 0.3) is 0 Å². The lowest BCUT2D eigenvalue weighted by molar-refractivity contribution is -0.146. The van der Waals surface area contributed by atoms with E-state index in [2.05, 4.69) is 26.0 Å². The zero-order valence-corrected chi connectivity index (χ0v) is 11.4. The van der Waals surface area contributed by atoms with Crippen molar-refractivity contribution in [1.29, 1.82) is 0 Å². The largest absolute Gasteiger partial charge is 0.468 e. The van der Waals surface area contributed by atoms with Gasteiger partial charge in [0.25, 0.3) is 0 Å². The van der Waals surface area contributed by atoms with Gasteiger partial charge in [-0.1, -0.05) is 38.1 Å². The van der Waals surface area contributed by atoms with Gasteiger partial charge in [0.2, 0.25) is 0 Å². The fourth-order valence-electron chi connectivity index (χ4n) is 1.84. The second kappa shape index (κ2) is 5.35. The van der Waals surface area contributed by atoms with E-state index in [9.17, 15) is 4.79 Å². The number of hydrogen-bond acceptors (Lipinski definition) is 2. The number of hydrogen-bond donors (Lipinski definition) is 0. The van der Waals surface area contributed by atoms with E-state index in [1.807, 2.05) is 26.0 Å². The minimum Gasteiger partial charge on any atom is -0.468 e. The molecule has 17 heavy (non-hydrogen) atoms. The van der Waals surface area contributed by atoms with Crippen LogP contribution in [-0.4, -0.2) is 13.1 Å². The lowest BCUT2D eigenvalue weighted by Crippen LogP contribution is -2.30. The summed E-state index contributed by atoms with van der Waals surface area (Å²) in [5, 5.41) is 0. The quantitative estimate of drug-likeness (QED) is 0.743. The van der Waals surface area contributed by atoms with Crippen LogP contribution in [0, 0.1) is 0 Å². The fourth-order valence-corrected chi connectivity index (χ4v) is 1.84. The van der Waals surface area contributed by atoms with Crippen molar-refractivity contribution in [2.24, 2.45) is 0 Å². The summed E-state index contributed by atoms with van der Waals surface area (Å²) in [5.41, 5.74) is 1.71. The molecule has 0 aliphatic carbocycles. The molecule has 0 aliphatic rings. The van der Waals surface area contributed by atoms with Crippen molar-refractivity contribution in [2.75, 3.05) is 7.11 Å². The number of rotatable bonds is 4. The molecular weight excluding hydrogens is 212 g/mol. The summed E-state index contributed by atoms with van der Waals surface area (Å²) in [6.45, 7) is 8.16. The molecule has 0 aliphatic heterocycles. The molecule has 0 aromatic heterocycles. The molecule has 1 aromatic carbocycles. The summed E-state index contributed by atoms with van der Waals surface area (Å²) in [6, 6.07) is 8.24. The maximum atomic E-state index is 11.8. The highest BCUT2D eigenvalue weighted by atomic mass is 16.5. The van der Waals surface area contributed by atoms with E-state index in [4.69, 9.17) is 4.74 Å². The monoisotopic (exact) mass is 234 g/mol. The standard InChI is InChI=1S/C15H22O2/c1-6-11(2)12-8-7-9-13(10-12)15(3,4)14(16)17-5/h7-11H,6H2,1-5H3. The Hall–Kier alpha value is -1.31. The predicted molar refractivity (Wildman–Crippen MR) is 70.2 cm³/mol. The van der Waals surface area contributed by atoms with Crippen molar-refractivity contribution in [1.82, 2.24) is 0 Å². The highest BCUT2D eigenvalue weighted by Gasteiger charge is 2.31. The summed E-state index contributed by atoms with van der Waals surface area (Å²) >= 11 is 0. The molecule has 0 bridgehead atoms. The summed E-state index contributed by atoms with van der Waals surface area (Å²) < 4.78 is 4.86. The maximum absolute atomic E-state index is 11.8. The third kappa shape index (κ3) is 2.87. The second-order valence-electron chi connectivity index (χ2n) is 5.05. The molecule has 0 radical (unpaired) electrons. The van der Waals surface area contributed by atoms with Crippen molar-refractivity contribution in [3.63, 3.8) is 0 Å². The van der Waals surface area contributed by atoms with Crippen LogP contribution in [0.3, 0.4) is 0 Å². The van der Waals surface area contributed by atoms with Crippen molar-refractivity contribution in [3.8, 4) is 0 Å². The molecule has 1 unspecified atom stereocenters. The van der Waals surface area contributed by atoms with E-state index in [1.54, 1.807) is 0 Å². The zero-order valence-electron chi connectivity index (χ0n) is 11.4. The summed E-state index contributed by atoms with van der Waals surface area (Å²) in [5.74, 6) is 0.321. The van der Waals surface area contributed by atoms with Crippen molar-refractivity contribution in [2.45, 2.75) is 45.4 Å². The van der Waals surface area contributed by atoms with Gasteiger partial charge in [-0.15, -0.1) is 0 Å². The Morgan fingerprint density at radius 1 is 1.41 bits per heavy atom. The van der Waals surface area contributed by atoms with Gasteiger partial charge >= 0.3 is 5.97 Å². The Morgan fingerprint density at radius 2 is 2.06 bits per heavy atom. The molecule has 0 saturated carbocycles. The van der Waals surface area contributed by atoms with E-state index in [0.29, 0.717) is 5.92 Å². The Balaban J connectivity index is 3.11. The molecule has 1 aromatic rings. The topological polar surface area (TPSA) is 26.3 Å². The van der Waals surface area contributed by atoms with E-state index >= 15 is 0 Å². The first-order chi connectivity index (χ1) is 7.93. The van der Waals surface area contributed by atoms with Gasteiger partial charge in [-0.25, -0.2) is 0 Å². The number of carbonyl (C=O) groups is 1. The molecule has 2 heteroatoms. The number of ether oxygens (including phenoxy) is 1. The van der Waals surface area contributed by atoms with Gasteiger partial charge in [0.1, 0.15) is 0 Å². The first-order valence-electron chi connectivity index (χ1n) is 6.12. The van der Waals surface area contributed by atoms with Crippen molar-refractivity contribution >= 4 is 5.97 Å². The molecule has 0 heterocycles. The van der Waals surface area contributed by atoms with Crippen LogP contribution in [-0.2, 0) is 14.9 Å². The SMILES string of the molecule is CCC(C)c1cccc(C(C)(C)C(=O)OC)c1. The van der Waals surface area contributed by atoms with Crippen LogP contribution in [0.4, 0.5) is 0 Å². The van der Waals surface area contributed by atoms with Gasteiger partial charge in [-0.05, 0) is 37.3 Å². The Labute approximate surface area is 104 Å². The first-order valence-corrected chi connectivity index (χ1v) is 6.12. The zero-order chi connectivity index (χ0) is 13.1. The first kappa shape index (κ1) is 13.8. The van der Waals surface area contributed by atoms with Gasteiger partial charge in [0, 0.05) is 0 Å². The van der Waals surface area contributed by atoms with E-state index in [1.165, 1.54) is 12.7 Å². The van der Waals surface area contributed by atoms with Crippen molar-refractivity contribution < 1.29 is 9.53 Å². The van der Waals surface area contributed by atoms with Crippen LogP contribution in [0.2, 0.25) is 0 Å². The van der Waals surface area contributed by atoms with Gasteiger partial charge in [0.15, 0.2) is 0 Å². The van der Waals surface area contributed by atoms with E-state index in [0.717, 1.165) is 12.0 Å². The van der Waals surface area contributed by atoms with Gasteiger partial charge in [-0.3, -0.25) is 4.79 Å². The van der Waals surface area contributed by atoms with Crippen LogP contribution in [0.1, 0.15) is 51.2 Å². The lowest BCUT2D eigenvalue weighted by atomic mass is 9.82. The maximum Gasteiger partial charge on any atom is 0.315 e. The van der Waals surface area contributed by atoms with Gasteiger partial charge in [-0.2, -0.15) is 0 Å². The molecule has 2 nitrogen and oxygen atoms in total. The van der Waals surface area contributed by atoms with E-state index < -0.39 is 5.41 Å². The van der Waals surface area contributed by atoms with Crippen LogP contribution < -0.4 is 0 Å². The highest BCUT2D eigenvalue weighted by Crippen LogP contribution is 2.28. The molecule has 94 valence electrons. The minimum atomic E-state index is -0.585. The molecular formula is C15H22O2. The van der Waals surface area contributed by atoms with Crippen LogP contribution in [0.5, 0.6) is 0 Å². The predicted octanol–water partition coefficient (Wildman–Crippen LogP) is 3.65. The molecule has 0 N–H and O–H groups in total. The average molecular weight is 234 g/mol. The Morgan fingerprint density at radius 3 is 2.59 bits per heavy atom. The van der Waals surface area contributed by atoms with Crippen LogP contribution in [0.15, 0.2) is 24.3 Å². The number of carbonyl (C=O) groups excluding carboxylic acids is 1. The molecule has 1 rings (SSSR count). The third-order valence-corrected chi connectivity index (χ3v) is 3.49. The number of methoxy groups -OCH3 is 1. The highest BCUT2D eigenvalue weighted by molar-refractivity contribution is 5.82. The summed E-state index contributed by atoms with van der Waals surface area (Å²) in [6.07, 6.45) is 1.10. The number of benzene rings is 1. The molecule has 1 atom stereocenters. The molecule has 0 fully saturated rings. The summed E-state index contributed by atoms with van der Waals surface area (Å²) in [4.78, 5) is 11.8. The second-order valence-corrected chi connectivity index (χ2v) is 5.05. The average Bonchev–Trinajstić information content (AvgIpc) is 2.36. The third-order valence-electron chi connectivity index (χ3n) is 3.49. The van der Waals surface area contributed by atoms with Gasteiger partial charge in [0.05, 0.1) is 12.5 Å². The van der Waals surface area contributed by atoms with Crippen LogP contribution >= 0.6 is 0 Å².